The Balaban J connectivity index is 2.01. The zero-order valence-corrected chi connectivity index (χ0v) is 17.8. The molecule has 1 aromatic heterocycles. The molecule has 3 aromatic rings. The molecule has 0 saturated heterocycles. The Morgan fingerprint density at radius 1 is 1.03 bits per heavy atom. The Bertz CT molecular complexity index is 1230. The molecule has 0 aliphatic carbocycles. The van der Waals surface area contributed by atoms with Gasteiger partial charge in [0.25, 0.3) is 5.56 Å². The van der Waals surface area contributed by atoms with E-state index in [1.807, 2.05) is 6.92 Å². The summed E-state index contributed by atoms with van der Waals surface area (Å²) in [4.78, 5) is 38.7. The molecule has 2 aromatic carbocycles. The number of benzene rings is 2. The van der Waals surface area contributed by atoms with Gasteiger partial charge in [-0.15, -0.1) is 0 Å². The monoisotopic (exact) mass is 439 g/mol. The first-order valence-electron chi connectivity index (χ1n) is 10.3. The quantitative estimate of drug-likeness (QED) is 0.465. The van der Waals surface area contributed by atoms with Crippen molar-refractivity contribution in [2.75, 3.05) is 16.8 Å². The number of nitrogens with one attached hydrogen (secondary N) is 1. The van der Waals surface area contributed by atoms with Crippen LogP contribution in [0.4, 0.5) is 21.6 Å². The van der Waals surface area contributed by atoms with Crippen LogP contribution < -0.4 is 28.0 Å². The summed E-state index contributed by atoms with van der Waals surface area (Å²) in [6.07, 6.45) is 1.42. The second-order valence-corrected chi connectivity index (χ2v) is 7.50. The Labute approximate surface area is 184 Å². The Kier molecular flexibility index (Phi) is 7.09. The maximum atomic E-state index is 14.2. The zero-order valence-electron chi connectivity index (χ0n) is 17.8. The van der Waals surface area contributed by atoms with Gasteiger partial charge in [0.2, 0.25) is 5.91 Å². The Morgan fingerprint density at radius 2 is 1.72 bits per heavy atom. The lowest BCUT2D eigenvalue weighted by Crippen LogP contribution is -2.43. The third-order valence-corrected chi connectivity index (χ3v) is 5.10. The number of nitrogens with two attached hydrogens (primary N) is 2. The van der Waals surface area contributed by atoms with Crippen LogP contribution in [0.3, 0.4) is 0 Å². The van der Waals surface area contributed by atoms with E-state index in [2.05, 4.69) is 5.32 Å². The fourth-order valence-electron chi connectivity index (χ4n) is 3.31. The second-order valence-electron chi connectivity index (χ2n) is 7.50. The number of nitrogens with zero attached hydrogens (tertiary/aromatic N) is 2. The zero-order chi connectivity index (χ0) is 23.3. The van der Waals surface area contributed by atoms with Crippen molar-refractivity contribution in [2.45, 2.75) is 39.3 Å². The minimum Gasteiger partial charge on any atom is -0.399 e. The SMILES string of the molecule is CCCCn1c(N)c(NC(=O)Cc2ccc(N)cc2)c(=O)n(Cc2ccccc2F)c1=O. The van der Waals surface area contributed by atoms with Crippen LogP contribution in [0.15, 0.2) is 58.1 Å². The lowest BCUT2D eigenvalue weighted by molar-refractivity contribution is -0.115. The van der Waals surface area contributed by atoms with Crippen LogP contribution in [0, 0.1) is 5.82 Å². The van der Waals surface area contributed by atoms with E-state index in [1.165, 1.54) is 22.8 Å². The largest absolute Gasteiger partial charge is 0.399 e. The third kappa shape index (κ3) is 5.05. The van der Waals surface area contributed by atoms with E-state index in [-0.39, 0.29) is 36.6 Å². The molecule has 8 nitrogen and oxygen atoms in total. The number of nitrogen functional groups attached to an aromatic ring is 2. The molecule has 1 heterocycles. The fourth-order valence-corrected chi connectivity index (χ4v) is 3.31. The average Bonchev–Trinajstić information content (AvgIpc) is 2.77. The van der Waals surface area contributed by atoms with Crippen molar-refractivity contribution in [2.24, 2.45) is 0 Å². The van der Waals surface area contributed by atoms with Crippen molar-refractivity contribution in [3.63, 3.8) is 0 Å². The highest BCUT2D eigenvalue weighted by molar-refractivity contribution is 5.94. The van der Waals surface area contributed by atoms with Gasteiger partial charge in [0.15, 0.2) is 0 Å². The first kappa shape index (κ1) is 22.8. The summed E-state index contributed by atoms with van der Waals surface area (Å²) >= 11 is 0. The van der Waals surface area contributed by atoms with E-state index in [1.54, 1.807) is 30.3 Å². The molecular formula is C23H26FN5O3. The van der Waals surface area contributed by atoms with E-state index in [4.69, 9.17) is 11.5 Å². The number of carbonyl (C=O) groups is 1. The number of anilines is 3. The van der Waals surface area contributed by atoms with Crippen molar-refractivity contribution in [1.82, 2.24) is 9.13 Å². The van der Waals surface area contributed by atoms with E-state index < -0.39 is 23.0 Å². The molecule has 0 spiro atoms. The van der Waals surface area contributed by atoms with Crippen LogP contribution in [-0.2, 0) is 24.3 Å². The molecule has 0 aliphatic heterocycles. The molecule has 168 valence electrons. The predicted molar refractivity (Wildman–Crippen MR) is 123 cm³/mol. The molecule has 0 unspecified atom stereocenters. The molecule has 0 atom stereocenters. The molecule has 9 heteroatoms. The van der Waals surface area contributed by atoms with Gasteiger partial charge in [-0.1, -0.05) is 43.7 Å². The normalized spacial score (nSPS) is 10.8. The van der Waals surface area contributed by atoms with Crippen LogP contribution in [0.2, 0.25) is 0 Å². The van der Waals surface area contributed by atoms with Crippen molar-refractivity contribution >= 4 is 23.1 Å². The first-order chi connectivity index (χ1) is 15.3. The van der Waals surface area contributed by atoms with Gasteiger partial charge < -0.3 is 16.8 Å². The predicted octanol–water partition coefficient (Wildman–Crippen LogP) is 2.34. The number of rotatable bonds is 8. The van der Waals surface area contributed by atoms with Gasteiger partial charge in [-0.3, -0.25) is 18.7 Å². The topological polar surface area (TPSA) is 125 Å². The summed E-state index contributed by atoms with van der Waals surface area (Å²) in [5.74, 6) is -1.13. The average molecular weight is 439 g/mol. The molecule has 0 bridgehead atoms. The number of hydrogen-bond acceptors (Lipinski definition) is 5. The molecular weight excluding hydrogens is 413 g/mol. The summed E-state index contributed by atoms with van der Waals surface area (Å²) in [6, 6.07) is 12.6. The van der Waals surface area contributed by atoms with E-state index in [0.29, 0.717) is 17.7 Å². The molecule has 1 amide bonds. The highest BCUT2D eigenvalue weighted by Crippen LogP contribution is 2.15. The van der Waals surface area contributed by atoms with Crippen LogP contribution in [0.5, 0.6) is 0 Å². The van der Waals surface area contributed by atoms with Gasteiger partial charge in [0.05, 0.1) is 13.0 Å². The summed E-state index contributed by atoms with van der Waals surface area (Å²) < 4.78 is 16.3. The molecule has 0 aliphatic rings. The van der Waals surface area contributed by atoms with Gasteiger partial charge in [-0.2, -0.15) is 0 Å². The second kappa shape index (κ2) is 9.95. The van der Waals surface area contributed by atoms with Crippen molar-refractivity contribution in [3.05, 3.63) is 86.3 Å². The van der Waals surface area contributed by atoms with Crippen LogP contribution in [0.25, 0.3) is 0 Å². The minimum atomic E-state index is -0.783. The number of hydrogen-bond donors (Lipinski definition) is 3. The highest BCUT2D eigenvalue weighted by atomic mass is 19.1. The van der Waals surface area contributed by atoms with E-state index in [0.717, 1.165) is 11.0 Å². The van der Waals surface area contributed by atoms with Crippen LogP contribution >= 0.6 is 0 Å². The third-order valence-electron chi connectivity index (χ3n) is 5.10. The van der Waals surface area contributed by atoms with Gasteiger partial charge >= 0.3 is 5.69 Å². The first-order valence-corrected chi connectivity index (χ1v) is 10.3. The van der Waals surface area contributed by atoms with Gasteiger partial charge in [-0.25, -0.2) is 9.18 Å². The van der Waals surface area contributed by atoms with E-state index >= 15 is 0 Å². The molecule has 32 heavy (non-hydrogen) atoms. The van der Waals surface area contributed by atoms with Gasteiger partial charge in [-0.05, 0) is 30.2 Å². The number of aromatic nitrogens is 2. The number of carbonyl (C=O) groups excluding carboxylic acids is 1. The van der Waals surface area contributed by atoms with Gasteiger partial charge in [0.1, 0.15) is 17.3 Å². The maximum absolute atomic E-state index is 14.2. The summed E-state index contributed by atoms with van der Waals surface area (Å²) in [6.45, 7) is 1.93. The Hall–Kier alpha value is -3.88. The van der Waals surface area contributed by atoms with Crippen LogP contribution in [0.1, 0.15) is 30.9 Å². The van der Waals surface area contributed by atoms with Crippen LogP contribution in [-0.4, -0.2) is 15.0 Å². The lowest BCUT2D eigenvalue weighted by Gasteiger charge is -2.17. The fraction of sp³-hybridized carbons (Fsp3) is 0.261. The molecule has 3 rings (SSSR count). The van der Waals surface area contributed by atoms with Crippen molar-refractivity contribution in [3.8, 4) is 0 Å². The number of unbranched alkanes of at least 4 members (excludes halogenated alkanes) is 1. The standard InChI is InChI=1S/C23H26FN5O3/c1-2-3-12-28-21(26)20(27-19(30)13-15-8-10-17(25)11-9-15)22(31)29(23(28)32)14-16-6-4-5-7-18(16)24/h4-11H,2-3,12-14,25-26H2,1H3,(H,27,30). The molecule has 5 N–H and O–H groups in total. The van der Waals surface area contributed by atoms with Crippen molar-refractivity contribution < 1.29 is 9.18 Å². The Morgan fingerprint density at radius 3 is 2.38 bits per heavy atom. The number of amides is 1. The molecule has 0 radical (unpaired) electrons. The molecule has 0 saturated carbocycles. The summed E-state index contributed by atoms with van der Waals surface area (Å²) in [7, 11) is 0. The molecule has 0 fully saturated rings. The minimum absolute atomic E-state index is 0.0133. The highest BCUT2D eigenvalue weighted by Gasteiger charge is 2.20. The van der Waals surface area contributed by atoms with Crippen molar-refractivity contribution in [1.29, 1.82) is 0 Å². The maximum Gasteiger partial charge on any atom is 0.332 e. The number of halogens is 1. The lowest BCUT2D eigenvalue weighted by atomic mass is 10.1. The van der Waals surface area contributed by atoms with Gasteiger partial charge in [0, 0.05) is 17.8 Å². The van der Waals surface area contributed by atoms with E-state index in [9.17, 15) is 18.8 Å². The summed E-state index contributed by atoms with van der Waals surface area (Å²) in [5, 5.41) is 2.54. The smallest absolute Gasteiger partial charge is 0.332 e. The summed E-state index contributed by atoms with van der Waals surface area (Å²) in [5.41, 5.74) is 11.6.